The highest BCUT2D eigenvalue weighted by atomic mass is 32.1. The summed E-state index contributed by atoms with van der Waals surface area (Å²) in [5.41, 5.74) is 2.75. The van der Waals surface area contributed by atoms with Crippen molar-refractivity contribution >= 4 is 11.3 Å². The number of rotatable bonds is 2. The van der Waals surface area contributed by atoms with E-state index in [0.29, 0.717) is 5.69 Å². The Balaban J connectivity index is 2.38. The molecule has 2 aromatic heterocycles. The van der Waals surface area contributed by atoms with E-state index in [9.17, 15) is 5.11 Å². The van der Waals surface area contributed by atoms with Crippen molar-refractivity contribution in [2.45, 2.75) is 13.0 Å². The standard InChI is InChI=1S/C9H11N3OS/c1-6-4-14-5-7(6)9(13)8-3-10-11-12(8)2/h3-5,9,13H,1-2H3. The van der Waals surface area contributed by atoms with Crippen LogP contribution in [0.15, 0.2) is 17.0 Å². The average Bonchev–Trinajstić information content (AvgIpc) is 2.73. The van der Waals surface area contributed by atoms with Gasteiger partial charge in [-0.3, -0.25) is 0 Å². The highest BCUT2D eigenvalue weighted by Gasteiger charge is 2.16. The smallest absolute Gasteiger partial charge is 0.123 e. The minimum Gasteiger partial charge on any atom is -0.382 e. The van der Waals surface area contributed by atoms with Gasteiger partial charge in [-0.15, -0.1) is 5.10 Å². The van der Waals surface area contributed by atoms with Crippen LogP contribution in [0.5, 0.6) is 0 Å². The van der Waals surface area contributed by atoms with E-state index in [1.54, 1.807) is 29.3 Å². The van der Waals surface area contributed by atoms with Crippen LogP contribution in [0, 0.1) is 6.92 Å². The molecule has 0 amide bonds. The van der Waals surface area contributed by atoms with Gasteiger partial charge < -0.3 is 5.11 Å². The van der Waals surface area contributed by atoms with Gasteiger partial charge in [0, 0.05) is 12.6 Å². The number of aromatic nitrogens is 3. The lowest BCUT2D eigenvalue weighted by atomic mass is 10.1. The second-order valence-electron chi connectivity index (χ2n) is 3.20. The third-order valence-electron chi connectivity index (χ3n) is 2.22. The van der Waals surface area contributed by atoms with Crippen molar-refractivity contribution in [3.05, 3.63) is 33.8 Å². The third-order valence-corrected chi connectivity index (χ3v) is 3.10. The molecule has 0 spiro atoms. The van der Waals surface area contributed by atoms with Crippen molar-refractivity contribution in [1.82, 2.24) is 15.0 Å². The highest BCUT2D eigenvalue weighted by molar-refractivity contribution is 7.08. The monoisotopic (exact) mass is 209 g/mol. The van der Waals surface area contributed by atoms with Crippen molar-refractivity contribution in [1.29, 1.82) is 0 Å². The fourth-order valence-corrected chi connectivity index (χ4v) is 2.22. The first kappa shape index (κ1) is 9.36. The van der Waals surface area contributed by atoms with Crippen LogP contribution in [0.2, 0.25) is 0 Å². The fraction of sp³-hybridized carbons (Fsp3) is 0.333. The maximum atomic E-state index is 10.0. The SMILES string of the molecule is Cc1cscc1C(O)c1cnnn1C. The molecule has 0 aliphatic heterocycles. The summed E-state index contributed by atoms with van der Waals surface area (Å²) in [5.74, 6) is 0. The van der Waals surface area contributed by atoms with E-state index in [4.69, 9.17) is 0 Å². The van der Waals surface area contributed by atoms with Gasteiger partial charge in [-0.25, -0.2) is 4.68 Å². The van der Waals surface area contributed by atoms with Crippen molar-refractivity contribution in [2.24, 2.45) is 7.05 Å². The molecule has 0 aliphatic carbocycles. The van der Waals surface area contributed by atoms with Gasteiger partial charge in [0.25, 0.3) is 0 Å². The zero-order valence-corrected chi connectivity index (χ0v) is 8.82. The Labute approximate surface area is 85.8 Å². The van der Waals surface area contributed by atoms with Gasteiger partial charge in [0.2, 0.25) is 0 Å². The molecule has 5 heteroatoms. The van der Waals surface area contributed by atoms with Gasteiger partial charge in [0.1, 0.15) is 6.10 Å². The van der Waals surface area contributed by atoms with Crippen LogP contribution >= 0.6 is 11.3 Å². The van der Waals surface area contributed by atoms with E-state index in [-0.39, 0.29) is 0 Å². The van der Waals surface area contributed by atoms with Gasteiger partial charge >= 0.3 is 0 Å². The number of nitrogens with zero attached hydrogens (tertiary/aromatic N) is 3. The lowest BCUT2D eigenvalue weighted by molar-refractivity contribution is 0.209. The largest absolute Gasteiger partial charge is 0.382 e. The molecule has 0 fully saturated rings. The number of hydrogen-bond acceptors (Lipinski definition) is 4. The van der Waals surface area contributed by atoms with Gasteiger partial charge in [-0.2, -0.15) is 11.3 Å². The van der Waals surface area contributed by atoms with Crippen molar-refractivity contribution in [3.8, 4) is 0 Å². The molecule has 0 saturated carbocycles. The molecule has 2 aromatic rings. The van der Waals surface area contributed by atoms with Crippen LogP contribution in [-0.4, -0.2) is 20.1 Å². The summed E-state index contributed by atoms with van der Waals surface area (Å²) in [5, 5.41) is 21.5. The molecule has 14 heavy (non-hydrogen) atoms. The van der Waals surface area contributed by atoms with Crippen molar-refractivity contribution in [3.63, 3.8) is 0 Å². The quantitative estimate of drug-likeness (QED) is 0.810. The van der Waals surface area contributed by atoms with E-state index in [2.05, 4.69) is 10.3 Å². The summed E-state index contributed by atoms with van der Waals surface area (Å²) in [6, 6.07) is 0. The minimum atomic E-state index is -0.624. The summed E-state index contributed by atoms with van der Waals surface area (Å²) < 4.78 is 1.59. The van der Waals surface area contributed by atoms with Gasteiger partial charge in [0.15, 0.2) is 0 Å². The normalized spacial score (nSPS) is 13.1. The Morgan fingerprint density at radius 1 is 1.50 bits per heavy atom. The molecule has 0 aliphatic rings. The van der Waals surface area contributed by atoms with Crippen LogP contribution in [0.3, 0.4) is 0 Å². The van der Waals surface area contributed by atoms with Gasteiger partial charge in [0.05, 0.1) is 11.9 Å². The first-order valence-electron chi connectivity index (χ1n) is 4.25. The topological polar surface area (TPSA) is 50.9 Å². The second kappa shape index (κ2) is 3.51. The molecule has 0 aromatic carbocycles. The molecule has 0 saturated heterocycles. The van der Waals surface area contributed by atoms with Gasteiger partial charge in [-0.05, 0) is 23.2 Å². The summed E-state index contributed by atoms with van der Waals surface area (Å²) in [6.45, 7) is 1.98. The molecular weight excluding hydrogens is 198 g/mol. The molecule has 74 valence electrons. The number of aliphatic hydroxyl groups excluding tert-OH is 1. The minimum absolute atomic E-state index is 0.624. The average molecular weight is 209 g/mol. The van der Waals surface area contributed by atoms with E-state index < -0.39 is 6.10 Å². The predicted molar refractivity (Wildman–Crippen MR) is 54.1 cm³/mol. The molecule has 0 bridgehead atoms. The molecule has 1 N–H and O–H groups in total. The van der Waals surface area contributed by atoms with Crippen molar-refractivity contribution in [2.75, 3.05) is 0 Å². The molecule has 2 heterocycles. The number of hydrogen-bond donors (Lipinski definition) is 1. The predicted octanol–water partition coefficient (Wildman–Crippen LogP) is 1.27. The Hall–Kier alpha value is -1.20. The molecule has 1 unspecified atom stereocenters. The Morgan fingerprint density at radius 2 is 2.29 bits per heavy atom. The van der Waals surface area contributed by atoms with E-state index in [0.717, 1.165) is 11.1 Å². The molecular formula is C9H11N3OS. The van der Waals surface area contributed by atoms with Crippen molar-refractivity contribution < 1.29 is 5.11 Å². The third kappa shape index (κ3) is 1.44. The van der Waals surface area contributed by atoms with E-state index in [1.165, 1.54) is 0 Å². The zero-order valence-electron chi connectivity index (χ0n) is 8.01. The van der Waals surface area contributed by atoms with E-state index in [1.807, 2.05) is 17.7 Å². The summed E-state index contributed by atoms with van der Waals surface area (Å²) in [7, 11) is 1.77. The Bertz CT molecular complexity index is 394. The van der Waals surface area contributed by atoms with Crippen LogP contribution in [0.4, 0.5) is 0 Å². The van der Waals surface area contributed by atoms with Crippen LogP contribution in [-0.2, 0) is 7.05 Å². The van der Waals surface area contributed by atoms with Gasteiger partial charge in [-0.1, -0.05) is 5.21 Å². The first-order valence-corrected chi connectivity index (χ1v) is 5.19. The summed E-state index contributed by atoms with van der Waals surface area (Å²) >= 11 is 1.59. The molecule has 2 rings (SSSR count). The van der Waals surface area contributed by atoms with Crippen LogP contribution in [0.1, 0.15) is 22.9 Å². The number of thiophene rings is 1. The summed E-state index contributed by atoms with van der Waals surface area (Å²) in [4.78, 5) is 0. The first-order chi connectivity index (χ1) is 6.70. The lowest BCUT2D eigenvalue weighted by Gasteiger charge is -2.09. The van der Waals surface area contributed by atoms with E-state index >= 15 is 0 Å². The molecule has 4 nitrogen and oxygen atoms in total. The highest BCUT2D eigenvalue weighted by Crippen LogP contribution is 2.26. The maximum Gasteiger partial charge on any atom is 0.123 e. The number of aliphatic hydroxyl groups is 1. The van der Waals surface area contributed by atoms with Crippen LogP contribution < -0.4 is 0 Å². The fourth-order valence-electron chi connectivity index (χ4n) is 1.36. The number of aryl methyl sites for hydroxylation is 2. The second-order valence-corrected chi connectivity index (χ2v) is 3.94. The van der Waals surface area contributed by atoms with Crippen LogP contribution in [0.25, 0.3) is 0 Å². The summed E-state index contributed by atoms with van der Waals surface area (Å²) in [6.07, 6.45) is 0.961. The Morgan fingerprint density at radius 3 is 2.79 bits per heavy atom. The molecule has 0 radical (unpaired) electrons. The lowest BCUT2D eigenvalue weighted by Crippen LogP contribution is -2.06. The molecule has 1 atom stereocenters. The maximum absolute atomic E-state index is 10.0. The Kier molecular flexibility index (Phi) is 2.35. The zero-order chi connectivity index (χ0) is 10.1.